The number of hydrogen-bond acceptors (Lipinski definition) is 2. The van der Waals surface area contributed by atoms with Crippen molar-refractivity contribution in [2.45, 2.75) is 25.7 Å². The molecule has 0 N–H and O–H groups in total. The number of hydrogen-bond donors (Lipinski definition) is 0. The van der Waals surface area contributed by atoms with Gasteiger partial charge in [-0.3, -0.25) is 9.59 Å². The standard InChI is InChI=1S/C17H18O.C15H12O/c1-2-14(15-9-5-3-6-10-15)13-17(18)16-11-7-4-8-12-16;16-15(14-9-5-2-6-10-14)12-11-13-7-3-1-4-8-13/h3-12,14H,2,13H2,1H3;1-12H/b;12-11+/t14-;/m0./s1. The second-order valence-corrected chi connectivity index (χ2v) is 7.98. The Labute approximate surface area is 202 Å². The second kappa shape index (κ2) is 13.5. The Balaban J connectivity index is 0.000000192. The van der Waals surface area contributed by atoms with E-state index in [1.165, 1.54) is 5.56 Å². The molecule has 0 bridgehead atoms. The SMILES string of the molecule is CC[C@@H](CC(=O)c1ccccc1)c1ccccc1.O=C(/C=C/c1ccccc1)c1ccccc1. The Bertz CT molecular complexity index is 1160. The van der Waals surface area contributed by atoms with Gasteiger partial charge in [0.25, 0.3) is 0 Å². The highest BCUT2D eigenvalue weighted by atomic mass is 16.1. The van der Waals surface area contributed by atoms with Gasteiger partial charge in [0.1, 0.15) is 0 Å². The van der Waals surface area contributed by atoms with Crippen LogP contribution in [0, 0.1) is 0 Å². The van der Waals surface area contributed by atoms with E-state index in [1.807, 2.05) is 115 Å². The van der Waals surface area contributed by atoms with E-state index < -0.39 is 0 Å². The first-order valence-corrected chi connectivity index (χ1v) is 11.6. The van der Waals surface area contributed by atoms with E-state index in [-0.39, 0.29) is 11.6 Å². The number of carbonyl (C=O) groups excluding carboxylic acids is 2. The molecule has 0 aliphatic carbocycles. The van der Waals surface area contributed by atoms with E-state index in [0.717, 1.165) is 23.1 Å². The van der Waals surface area contributed by atoms with Crippen molar-refractivity contribution >= 4 is 17.6 Å². The molecule has 34 heavy (non-hydrogen) atoms. The van der Waals surface area contributed by atoms with Crippen molar-refractivity contribution in [1.82, 2.24) is 0 Å². The van der Waals surface area contributed by atoms with Crippen LogP contribution >= 0.6 is 0 Å². The average molecular weight is 447 g/mol. The van der Waals surface area contributed by atoms with Crippen LogP contribution in [0.25, 0.3) is 6.08 Å². The lowest BCUT2D eigenvalue weighted by Gasteiger charge is -2.14. The van der Waals surface area contributed by atoms with Crippen molar-refractivity contribution in [2.24, 2.45) is 0 Å². The first kappa shape index (κ1) is 24.6. The number of Topliss-reactive ketones (excluding diaryl/α,β-unsaturated/α-hetero) is 1. The molecule has 0 radical (unpaired) electrons. The van der Waals surface area contributed by atoms with Crippen LogP contribution in [0.2, 0.25) is 0 Å². The summed E-state index contributed by atoms with van der Waals surface area (Å²) in [5, 5.41) is 0. The van der Waals surface area contributed by atoms with Gasteiger partial charge >= 0.3 is 0 Å². The van der Waals surface area contributed by atoms with Crippen LogP contribution in [-0.4, -0.2) is 11.6 Å². The molecule has 170 valence electrons. The number of benzene rings is 4. The van der Waals surface area contributed by atoms with E-state index in [2.05, 4.69) is 19.1 Å². The van der Waals surface area contributed by atoms with E-state index >= 15 is 0 Å². The van der Waals surface area contributed by atoms with Gasteiger partial charge in [0.15, 0.2) is 11.6 Å². The minimum absolute atomic E-state index is 0.0319. The Morgan fingerprint density at radius 1 is 0.647 bits per heavy atom. The van der Waals surface area contributed by atoms with Gasteiger partial charge in [0.05, 0.1) is 0 Å². The third kappa shape index (κ3) is 7.83. The first-order chi connectivity index (χ1) is 16.7. The van der Waals surface area contributed by atoms with Crippen molar-refractivity contribution in [1.29, 1.82) is 0 Å². The van der Waals surface area contributed by atoms with E-state index in [4.69, 9.17) is 0 Å². The highest BCUT2D eigenvalue weighted by Gasteiger charge is 2.15. The van der Waals surface area contributed by atoms with E-state index in [1.54, 1.807) is 6.08 Å². The smallest absolute Gasteiger partial charge is 0.185 e. The minimum Gasteiger partial charge on any atom is -0.294 e. The van der Waals surface area contributed by atoms with Gasteiger partial charge in [-0.15, -0.1) is 0 Å². The zero-order chi connectivity index (χ0) is 24.0. The van der Waals surface area contributed by atoms with Crippen LogP contribution in [0.1, 0.15) is 57.5 Å². The molecule has 2 heteroatoms. The third-order valence-corrected chi connectivity index (χ3v) is 5.58. The maximum absolute atomic E-state index is 12.2. The zero-order valence-electron chi connectivity index (χ0n) is 19.5. The van der Waals surface area contributed by atoms with Gasteiger partial charge in [-0.1, -0.05) is 134 Å². The molecule has 0 saturated carbocycles. The number of allylic oxidation sites excluding steroid dienone is 1. The highest BCUT2D eigenvalue weighted by molar-refractivity contribution is 6.06. The summed E-state index contributed by atoms with van der Waals surface area (Å²) in [5.41, 5.74) is 3.82. The molecule has 4 aromatic rings. The predicted molar refractivity (Wildman–Crippen MR) is 141 cm³/mol. The molecule has 2 nitrogen and oxygen atoms in total. The fourth-order valence-electron chi connectivity index (χ4n) is 3.62. The quantitative estimate of drug-likeness (QED) is 0.203. The van der Waals surface area contributed by atoms with Crippen LogP contribution in [-0.2, 0) is 0 Å². The summed E-state index contributed by atoms with van der Waals surface area (Å²) < 4.78 is 0. The number of carbonyl (C=O) groups is 2. The lowest BCUT2D eigenvalue weighted by Crippen LogP contribution is -2.06. The van der Waals surface area contributed by atoms with Crippen LogP contribution in [0.4, 0.5) is 0 Å². The van der Waals surface area contributed by atoms with Crippen molar-refractivity contribution in [3.05, 3.63) is 150 Å². The van der Waals surface area contributed by atoms with E-state index in [9.17, 15) is 9.59 Å². The van der Waals surface area contributed by atoms with Crippen LogP contribution < -0.4 is 0 Å². The monoisotopic (exact) mass is 446 g/mol. The summed E-state index contributed by atoms with van der Waals surface area (Å²) in [5.74, 6) is 0.578. The van der Waals surface area contributed by atoms with Gasteiger partial charge < -0.3 is 0 Å². The van der Waals surface area contributed by atoms with Crippen molar-refractivity contribution in [2.75, 3.05) is 0 Å². The largest absolute Gasteiger partial charge is 0.294 e. The Morgan fingerprint density at radius 2 is 1.12 bits per heavy atom. The molecule has 4 rings (SSSR count). The van der Waals surface area contributed by atoms with Gasteiger partial charge in [0.2, 0.25) is 0 Å². The molecule has 0 unspecified atom stereocenters. The molecule has 0 amide bonds. The summed E-state index contributed by atoms with van der Waals surface area (Å²) in [4.78, 5) is 23.9. The molecule has 0 spiro atoms. The van der Waals surface area contributed by atoms with Crippen molar-refractivity contribution < 1.29 is 9.59 Å². The Morgan fingerprint density at radius 3 is 1.65 bits per heavy atom. The number of rotatable bonds is 8. The summed E-state index contributed by atoms with van der Waals surface area (Å²) >= 11 is 0. The molecular weight excluding hydrogens is 416 g/mol. The molecule has 0 heterocycles. The molecule has 0 aromatic heterocycles. The minimum atomic E-state index is 0.0319. The Kier molecular flexibility index (Phi) is 9.76. The van der Waals surface area contributed by atoms with Crippen LogP contribution in [0.5, 0.6) is 0 Å². The fourth-order valence-corrected chi connectivity index (χ4v) is 3.62. The Hall–Kier alpha value is -4.04. The maximum atomic E-state index is 12.2. The van der Waals surface area contributed by atoms with Crippen LogP contribution in [0.3, 0.4) is 0 Å². The fraction of sp³-hybridized carbons (Fsp3) is 0.125. The van der Waals surface area contributed by atoms with Gasteiger partial charge in [-0.2, -0.15) is 0 Å². The third-order valence-electron chi connectivity index (χ3n) is 5.58. The summed E-state index contributed by atoms with van der Waals surface area (Å²) in [7, 11) is 0. The van der Waals surface area contributed by atoms with Gasteiger partial charge in [-0.25, -0.2) is 0 Å². The van der Waals surface area contributed by atoms with Gasteiger partial charge in [-0.05, 0) is 29.5 Å². The first-order valence-electron chi connectivity index (χ1n) is 11.6. The van der Waals surface area contributed by atoms with Crippen molar-refractivity contribution in [3.8, 4) is 0 Å². The lowest BCUT2D eigenvalue weighted by molar-refractivity contribution is 0.0972. The number of ketones is 2. The molecular formula is C32H30O2. The van der Waals surface area contributed by atoms with Gasteiger partial charge in [0, 0.05) is 17.5 Å². The summed E-state index contributed by atoms with van der Waals surface area (Å²) in [6.45, 7) is 2.13. The zero-order valence-corrected chi connectivity index (χ0v) is 19.5. The molecule has 0 saturated heterocycles. The van der Waals surface area contributed by atoms with E-state index in [0.29, 0.717) is 12.3 Å². The molecule has 1 atom stereocenters. The summed E-state index contributed by atoms with van der Waals surface area (Å²) in [6.07, 6.45) is 5.01. The lowest BCUT2D eigenvalue weighted by atomic mass is 9.90. The maximum Gasteiger partial charge on any atom is 0.185 e. The summed E-state index contributed by atoms with van der Waals surface area (Å²) in [6, 6.07) is 38.9. The van der Waals surface area contributed by atoms with Crippen molar-refractivity contribution in [3.63, 3.8) is 0 Å². The highest BCUT2D eigenvalue weighted by Crippen LogP contribution is 2.24. The van der Waals surface area contributed by atoms with Crippen LogP contribution in [0.15, 0.2) is 127 Å². The topological polar surface area (TPSA) is 34.1 Å². The molecule has 4 aromatic carbocycles. The molecule has 0 aliphatic heterocycles. The average Bonchev–Trinajstić information content (AvgIpc) is 2.92. The molecule has 0 aliphatic rings. The second-order valence-electron chi connectivity index (χ2n) is 7.98. The molecule has 0 fully saturated rings. The predicted octanol–water partition coefficient (Wildman–Crippen LogP) is 8.04. The normalized spacial score (nSPS) is 11.3.